The number of ether oxygens (including phenoxy) is 3. The molecule has 2 aromatic carbocycles. The number of carbonyl (C=O) groups is 1. The van der Waals surface area contributed by atoms with Crippen LogP contribution in [0.4, 0.5) is 0 Å². The summed E-state index contributed by atoms with van der Waals surface area (Å²) in [6.45, 7) is 2.35. The largest absolute Gasteiger partial charge is 0.493 e. The Morgan fingerprint density at radius 1 is 1.08 bits per heavy atom. The molecule has 2 aromatic heterocycles. The average molecular weight is 648 g/mol. The second kappa shape index (κ2) is 10.2. The van der Waals surface area contributed by atoms with Gasteiger partial charge in [-0.05, 0) is 45.5 Å². The minimum atomic E-state index is -0.265. The summed E-state index contributed by atoms with van der Waals surface area (Å²) < 4.78 is 19.0. The molecule has 1 aliphatic rings. The van der Waals surface area contributed by atoms with E-state index >= 15 is 0 Å². The van der Waals surface area contributed by atoms with Gasteiger partial charge in [0.25, 0.3) is 5.56 Å². The van der Waals surface area contributed by atoms with Crippen molar-refractivity contribution in [3.8, 4) is 28.6 Å². The molecule has 0 saturated heterocycles. The van der Waals surface area contributed by atoms with Crippen molar-refractivity contribution in [2.75, 3.05) is 21.3 Å². The predicted molar refractivity (Wildman–Crippen MR) is 152 cm³/mol. The highest BCUT2D eigenvalue weighted by Crippen LogP contribution is 2.48. The Labute approximate surface area is 234 Å². The normalized spacial score (nSPS) is 17.1. The topological polar surface area (TPSA) is 79.7 Å². The fourth-order valence-electron chi connectivity index (χ4n) is 4.84. The van der Waals surface area contributed by atoms with Gasteiger partial charge in [-0.15, -0.1) is 11.3 Å². The second-order valence-corrected chi connectivity index (χ2v) is 11.7. The number of thiophene rings is 1. The molecule has 0 saturated carbocycles. The molecule has 0 bridgehead atoms. The number of alkyl halides is 1. The van der Waals surface area contributed by atoms with Crippen molar-refractivity contribution >= 4 is 59.2 Å². The molecule has 0 amide bonds. The van der Waals surface area contributed by atoms with Crippen LogP contribution in [0, 0.1) is 0 Å². The highest BCUT2D eigenvalue weighted by atomic mass is 79.9. The van der Waals surface area contributed by atoms with Gasteiger partial charge in [-0.1, -0.05) is 53.2 Å². The summed E-state index contributed by atoms with van der Waals surface area (Å²) >= 11 is 8.44. The van der Waals surface area contributed by atoms with Crippen molar-refractivity contribution in [2.24, 2.45) is 0 Å². The fraction of sp³-hybridized carbons (Fsp3) is 0.296. The number of carbonyl (C=O) groups excluding carboxylic acids is 1. The van der Waals surface area contributed by atoms with Crippen molar-refractivity contribution in [1.82, 2.24) is 9.55 Å². The fourth-order valence-corrected chi connectivity index (χ4v) is 7.69. The van der Waals surface area contributed by atoms with E-state index in [9.17, 15) is 9.59 Å². The molecule has 0 aliphatic heterocycles. The van der Waals surface area contributed by atoms with E-state index < -0.39 is 0 Å². The maximum atomic E-state index is 14.2. The number of ketones is 1. The number of hydrogen-bond acceptors (Lipinski definition) is 7. The van der Waals surface area contributed by atoms with Crippen LogP contribution in [0.3, 0.4) is 0 Å². The van der Waals surface area contributed by atoms with E-state index in [1.54, 1.807) is 17.7 Å². The molecule has 5 rings (SSSR count). The molecule has 0 N–H and O–H groups in total. The Hall–Kier alpha value is -2.69. The van der Waals surface area contributed by atoms with Gasteiger partial charge in [0.1, 0.15) is 10.7 Å². The zero-order valence-electron chi connectivity index (χ0n) is 20.6. The van der Waals surface area contributed by atoms with Gasteiger partial charge in [0.15, 0.2) is 17.3 Å². The quantitative estimate of drug-likeness (QED) is 0.225. The standard InChI is InChI=1S/C27H24Br2N2O5S/c1-13-10-16(28)21(32)24-18(13)19-26(37-24)30-25(31(27(19)33)12-14-8-6-5-7-9-14)15-11-17(34-2)22(35-3)23(36-4)20(15)29/h5-9,11,13,16H,10,12H2,1-4H3. The number of benzene rings is 2. The molecule has 4 aromatic rings. The second-order valence-electron chi connectivity index (χ2n) is 8.81. The summed E-state index contributed by atoms with van der Waals surface area (Å²) in [4.78, 5) is 33.2. The third-order valence-electron chi connectivity index (χ3n) is 6.60. The molecule has 0 radical (unpaired) electrons. The van der Waals surface area contributed by atoms with Crippen LogP contribution in [0.2, 0.25) is 0 Å². The van der Waals surface area contributed by atoms with Crippen molar-refractivity contribution in [3.05, 3.63) is 67.2 Å². The first-order valence-corrected chi connectivity index (χ1v) is 14.1. The Kier molecular flexibility index (Phi) is 7.17. The van der Waals surface area contributed by atoms with E-state index in [1.165, 1.54) is 25.6 Å². The summed E-state index contributed by atoms with van der Waals surface area (Å²) in [5, 5.41) is 0.517. The highest BCUT2D eigenvalue weighted by molar-refractivity contribution is 9.10. The number of fused-ring (bicyclic) bond motifs is 3. The van der Waals surface area contributed by atoms with E-state index in [1.807, 2.05) is 30.3 Å². The molecule has 2 atom stereocenters. The first-order chi connectivity index (χ1) is 17.8. The molecular formula is C27H24Br2N2O5S. The molecule has 7 nitrogen and oxygen atoms in total. The number of methoxy groups -OCH3 is 3. The molecule has 2 unspecified atom stereocenters. The van der Waals surface area contributed by atoms with Gasteiger partial charge >= 0.3 is 0 Å². The first-order valence-electron chi connectivity index (χ1n) is 11.6. The van der Waals surface area contributed by atoms with Crippen molar-refractivity contribution < 1.29 is 19.0 Å². The lowest BCUT2D eigenvalue weighted by Crippen LogP contribution is -2.27. The van der Waals surface area contributed by atoms with Gasteiger partial charge in [0.2, 0.25) is 5.75 Å². The lowest BCUT2D eigenvalue weighted by molar-refractivity contribution is 0.0982. The van der Waals surface area contributed by atoms with E-state index in [0.717, 1.165) is 11.1 Å². The van der Waals surface area contributed by atoms with Crippen LogP contribution >= 0.6 is 43.2 Å². The number of nitrogens with zero attached hydrogens (tertiary/aromatic N) is 2. The lowest BCUT2D eigenvalue weighted by atomic mass is 9.87. The molecule has 192 valence electrons. The van der Waals surface area contributed by atoms with Crippen LogP contribution in [-0.2, 0) is 6.54 Å². The number of Topliss-reactive ketones (excluding diaryl/α,β-unsaturated/α-hetero) is 1. The summed E-state index contributed by atoms with van der Waals surface area (Å²) in [5.74, 6) is 1.77. The molecule has 1 aliphatic carbocycles. The third kappa shape index (κ3) is 4.28. The Morgan fingerprint density at radius 3 is 2.43 bits per heavy atom. The molecule has 0 spiro atoms. The van der Waals surface area contributed by atoms with E-state index in [4.69, 9.17) is 19.2 Å². The van der Waals surface area contributed by atoms with Gasteiger partial charge in [-0.2, -0.15) is 0 Å². The van der Waals surface area contributed by atoms with Crippen molar-refractivity contribution in [2.45, 2.75) is 30.6 Å². The summed E-state index contributed by atoms with van der Waals surface area (Å²) in [5.41, 5.74) is 2.17. The van der Waals surface area contributed by atoms with Gasteiger partial charge in [-0.25, -0.2) is 4.98 Å². The maximum Gasteiger partial charge on any atom is 0.263 e. The summed E-state index contributed by atoms with van der Waals surface area (Å²) in [7, 11) is 4.61. The predicted octanol–water partition coefficient (Wildman–Crippen LogP) is 6.42. The van der Waals surface area contributed by atoms with Crippen LogP contribution in [0.15, 0.2) is 45.7 Å². The van der Waals surface area contributed by atoms with E-state index in [2.05, 4.69) is 38.8 Å². The Morgan fingerprint density at radius 2 is 1.78 bits per heavy atom. The van der Waals surface area contributed by atoms with Crippen LogP contribution in [0.25, 0.3) is 21.6 Å². The Balaban J connectivity index is 1.87. The van der Waals surface area contributed by atoms with Crippen molar-refractivity contribution in [1.29, 1.82) is 0 Å². The van der Waals surface area contributed by atoms with Crippen LogP contribution in [0.1, 0.15) is 40.1 Å². The monoisotopic (exact) mass is 646 g/mol. The number of halogens is 2. The SMILES string of the molecule is COc1cc(-c2nc3sc4c(c3c(=O)n2Cc2ccccc2)C(C)CC(Br)C4=O)c(Br)c(OC)c1OC. The minimum Gasteiger partial charge on any atom is -0.493 e. The van der Waals surface area contributed by atoms with Crippen LogP contribution in [0.5, 0.6) is 17.2 Å². The van der Waals surface area contributed by atoms with E-state index in [0.29, 0.717) is 61.2 Å². The summed E-state index contributed by atoms with van der Waals surface area (Å²) in [6.07, 6.45) is 0.635. The first kappa shape index (κ1) is 25.9. The smallest absolute Gasteiger partial charge is 0.263 e. The number of aromatic nitrogens is 2. The number of hydrogen-bond donors (Lipinski definition) is 0. The summed E-state index contributed by atoms with van der Waals surface area (Å²) in [6, 6.07) is 11.5. The van der Waals surface area contributed by atoms with Crippen LogP contribution < -0.4 is 19.8 Å². The highest BCUT2D eigenvalue weighted by Gasteiger charge is 2.36. The van der Waals surface area contributed by atoms with Crippen molar-refractivity contribution in [3.63, 3.8) is 0 Å². The molecule has 10 heteroatoms. The van der Waals surface area contributed by atoms with Gasteiger partial charge in [0.05, 0.1) is 47.4 Å². The maximum absolute atomic E-state index is 14.2. The van der Waals surface area contributed by atoms with E-state index in [-0.39, 0.29) is 22.1 Å². The van der Waals surface area contributed by atoms with Gasteiger partial charge in [-0.3, -0.25) is 14.2 Å². The Bertz CT molecular complexity index is 1580. The van der Waals surface area contributed by atoms with Gasteiger partial charge < -0.3 is 14.2 Å². The van der Waals surface area contributed by atoms with Crippen LogP contribution in [-0.4, -0.2) is 41.5 Å². The minimum absolute atomic E-state index is 0.000580. The average Bonchev–Trinajstić information content (AvgIpc) is 3.29. The molecule has 37 heavy (non-hydrogen) atoms. The molecule has 2 heterocycles. The number of rotatable bonds is 6. The zero-order valence-corrected chi connectivity index (χ0v) is 24.6. The zero-order chi connectivity index (χ0) is 26.4. The lowest BCUT2D eigenvalue weighted by Gasteiger charge is -2.22. The third-order valence-corrected chi connectivity index (χ3v) is 9.30. The van der Waals surface area contributed by atoms with Gasteiger partial charge in [0, 0.05) is 5.56 Å². The molecular weight excluding hydrogens is 624 g/mol. The molecule has 0 fully saturated rings.